The minimum atomic E-state index is 1.16. The van der Waals surface area contributed by atoms with Crippen LogP contribution in [0.5, 0.6) is 0 Å². The highest BCUT2D eigenvalue weighted by Gasteiger charge is 2.11. The SMILES string of the molecule is [c]1ccc2cc3cc4ccccc4cc3cc2c1-c1cccc2cc3cc4ccccc4cc3cc12. The summed E-state index contributed by atoms with van der Waals surface area (Å²) >= 11 is 0. The zero-order valence-corrected chi connectivity index (χ0v) is 19.6. The molecule has 0 aliphatic heterocycles. The molecular weight excluding hydrogens is 432 g/mol. The van der Waals surface area contributed by atoms with Crippen LogP contribution in [0.15, 0.2) is 127 Å². The van der Waals surface area contributed by atoms with E-state index in [4.69, 9.17) is 0 Å². The summed E-state index contributed by atoms with van der Waals surface area (Å²) in [6, 6.07) is 50.2. The Morgan fingerprint density at radius 1 is 0.333 bits per heavy atom. The smallest absolute Gasteiger partial charge is 0.00201 e. The van der Waals surface area contributed by atoms with Gasteiger partial charge in [-0.15, -0.1) is 0 Å². The van der Waals surface area contributed by atoms with E-state index in [0.717, 1.165) is 5.56 Å². The van der Waals surface area contributed by atoms with Crippen molar-refractivity contribution in [1.82, 2.24) is 0 Å². The van der Waals surface area contributed by atoms with Gasteiger partial charge in [0.05, 0.1) is 0 Å². The van der Waals surface area contributed by atoms with Crippen LogP contribution in [-0.4, -0.2) is 0 Å². The van der Waals surface area contributed by atoms with Gasteiger partial charge in [-0.2, -0.15) is 0 Å². The molecule has 0 aliphatic carbocycles. The number of benzene rings is 8. The molecule has 0 amide bonds. The quantitative estimate of drug-likeness (QED) is 0.217. The van der Waals surface area contributed by atoms with Crippen molar-refractivity contribution >= 4 is 64.6 Å². The summed E-state index contributed by atoms with van der Waals surface area (Å²) in [7, 11) is 0. The first-order valence-corrected chi connectivity index (χ1v) is 12.4. The molecule has 0 fully saturated rings. The van der Waals surface area contributed by atoms with Gasteiger partial charge in [0.15, 0.2) is 0 Å². The zero-order chi connectivity index (χ0) is 23.6. The van der Waals surface area contributed by atoms with Gasteiger partial charge in [0, 0.05) is 0 Å². The molecular formula is C36H21. The average molecular weight is 454 g/mol. The summed E-state index contributed by atoms with van der Waals surface area (Å²) in [5, 5.41) is 15.2. The minimum Gasteiger partial charge on any atom is -0.0616 e. The minimum absolute atomic E-state index is 1.16. The van der Waals surface area contributed by atoms with E-state index in [0.29, 0.717) is 0 Å². The van der Waals surface area contributed by atoms with Gasteiger partial charge in [-0.05, 0) is 130 Å². The molecule has 0 aromatic heterocycles. The van der Waals surface area contributed by atoms with Crippen LogP contribution < -0.4 is 0 Å². The predicted octanol–water partition coefficient (Wildman–Crippen LogP) is 10.1. The highest BCUT2D eigenvalue weighted by molar-refractivity contribution is 6.13. The highest BCUT2D eigenvalue weighted by Crippen LogP contribution is 2.38. The zero-order valence-electron chi connectivity index (χ0n) is 19.6. The van der Waals surface area contributed by atoms with E-state index >= 15 is 0 Å². The van der Waals surface area contributed by atoms with Crippen molar-refractivity contribution in [3.63, 3.8) is 0 Å². The largest absolute Gasteiger partial charge is 0.0616 e. The van der Waals surface area contributed by atoms with Crippen LogP contribution in [0.25, 0.3) is 75.8 Å². The van der Waals surface area contributed by atoms with Crippen molar-refractivity contribution in [2.45, 2.75) is 0 Å². The second kappa shape index (κ2) is 7.41. The summed E-state index contributed by atoms with van der Waals surface area (Å²) < 4.78 is 0. The number of rotatable bonds is 1. The second-order valence-electron chi connectivity index (χ2n) is 9.76. The molecule has 0 unspecified atom stereocenters. The molecule has 0 bridgehead atoms. The van der Waals surface area contributed by atoms with E-state index < -0.39 is 0 Å². The lowest BCUT2D eigenvalue weighted by atomic mass is 9.90. The number of hydrogen-bond acceptors (Lipinski definition) is 0. The molecule has 0 N–H and O–H groups in total. The molecule has 0 saturated carbocycles. The molecule has 0 heterocycles. The predicted molar refractivity (Wildman–Crippen MR) is 156 cm³/mol. The summed E-state index contributed by atoms with van der Waals surface area (Å²) in [4.78, 5) is 0. The first kappa shape index (κ1) is 19.6. The maximum Gasteiger partial charge on any atom is -0.00201 e. The Balaban J connectivity index is 1.42. The van der Waals surface area contributed by atoms with Crippen LogP contribution in [0.1, 0.15) is 0 Å². The summed E-state index contributed by atoms with van der Waals surface area (Å²) in [5.41, 5.74) is 2.39. The molecule has 0 nitrogen and oxygen atoms in total. The van der Waals surface area contributed by atoms with Crippen LogP contribution in [0.3, 0.4) is 0 Å². The maximum absolute atomic E-state index is 3.60. The number of hydrogen-bond donors (Lipinski definition) is 0. The normalized spacial score (nSPS) is 11.9. The fraction of sp³-hybridized carbons (Fsp3) is 0. The van der Waals surface area contributed by atoms with Crippen molar-refractivity contribution in [3.8, 4) is 11.1 Å². The fourth-order valence-electron chi connectivity index (χ4n) is 5.82. The van der Waals surface area contributed by atoms with Gasteiger partial charge in [-0.25, -0.2) is 0 Å². The van der Waals surface area contributed by atoms with Crippen LogP contribution in [0, 0.1) is 6.07 Å². The van der Waals surface area contributed by atoms with E-state index in [1.54, 1.807) is 0 Å². The van der Waals surface area contributed by atoms with Crippen molar-refractivity contribution in [2.24, 2.45) is 0 Å². The Labute approximate surface area is 209 Å². The van der Waals surface area contributed by atoms with Crippen molar-refractivity contribution in [3.05, 3.63) is 133 Å². The van der Waals surface area contributed by atoms with Gasteiger partial charge < -0.3 is 0 Å². The maximum atomic E-state index is 3.60. The Hall–Kier alpha value is -4.68. The van der Waals surface area contributed by atoms with Gasteiger partial charge >= 0.3 is 0 Å². The highest BCUT2D eigenvalue weighted by atomic mass is 14.1. The molecule has 36 heavy (non-hydrogen) atoms. The van der Waals surface area contributed by atoms with Crippen molar-refractivity contribution in [1.29, 1.82) is 0 Å². The Bertz CT molecular complexity index is 1990. The van der Waals surface area contributed by atoms with Crippen LogP contribution >= 0.6 is 0 Å². The molecule has 8 aromatic rings. The van der Waals surface area contributed by atoms with Gasteiger partial charge in [0.2, 0.25) is 0 Å². The standard InChI is InChI=1S/C36H21/c1-3-9-25-17-31-21-35-27(19-29(31)15-23(25)7-1)11-5-13-33(35)34-14-6-12-28-20-30-16-24-8-2-4-10-26(24)18-32(30)22-36(28)34/h1-13,15-22H. The first-order chi connectivity index (χ1) is 17.8. The monoisotopic (exact) mass is 453 g/mol. The lowest BCUT2D eigenvalue weighted by Crippen LogP contribution is -1.87. The third-order valence-corrected chi connectivity index (χ3v) is 7.60. The fourth-order valence-corrected chi connectivity index (χ4v) is 5.82. The second-order valence-corrected chi connectivity index (χ2v) is 9.76. The molecule has 0 atom stereocenters. The van der Waals surface area contributed by atoms with Crippen LogP contribution in [-0.2, 0) is 0 Å². The van der Waals surface area contributed by atoms with Crippen molar-refractivity contribution in [2.75, 3.05) is 0 Å². The van der Waals surface area contributed by atoms with Crippen LogP contribution in [0.2, 0.25) is 0 Å². The van der Waals surface area contributed by atoms with Gasteiger partial charge in [0.25, 0.3) is 0 Å². The molecule has 0 saturated heterocycles. The van der Waals surface area contributed by atoms with E-state index in [-0.39, 0.29) is 0 Å². The molecule has 0 aliphatic rings. The third-order valence-electron chi connectivity index (χ3n) is 7.60. The Kier molecular flexibility index (Phi) is 4.03. The van der Waals surface area contributed by atoms with E-state index in [1.165, 1.54) is 70.2 Å². The van der Waals surface area contributed by atoms with E-state index in [1.807, 2.05) is 0 Å². The first-order valence-electron chi connectivity index (χ1n) is 12.4. The lowest BCUT2D eigenvalue weighted by molar-refractivity contribution is 1.70. The van der Waals surface area contributed by atoms with Gasteiger partial charge in [-0.3, -0.25) is 0 Å². The van der Waals surface area contributed by atoms with E-state index in [9.17, 15) is 0 Å². The van der Waals surface area contributed by atoms with Crippen molar-refractivity contribution < 1.29 is 0 Å². The molecule has 8 rings (SSSR count). The summed E-state index contributed by atoms with van der Waals surface area (Å²) in [5.74, 6) is 0. The molecule has 1 radical (unpaired) electrons. The molecule has 0 heteroatoms. The lowest BCUT2D eigenvalue weighted by Gasteiger charge is -2.13. The van der Waals surface area contributed by atoms with Gasteiger partial charge in [-0.1, -0.05) is 78.9 Å². The molecule has 165 valence electrons. The Morgan fingerprint density at radius 2 is 0.778 bits per heavy atom. The Morgan fingerprint density at radius 3 is 1.36 bits per heavy atom. The van der Waals surface area contributed by atoms with Crippen LogP contribution in [0.4, 0.5) is 0 Å². The summed E-state index contributed by atoms with van der Waals surface area (Å²) in [6.07, 6.45) is 0. The topological polar surface area (TPSA) is 0 Å². The summed E-state index contributed by atoms with van der Waals surface area (Å²) in [6.45, 7) is 0. The number of fused-ring (bicyclic) bond motifs is 6. The van der Waals surface area contributed by atoms with E-state index in [2.05, 4.69) is 133 Å². The molecule has 8 aromatic carbocycles. The average Bonchev–Trinajstić information content (AvgIpc) is 2.92. The third kappa shape index (κ3) is 2.95. The van der Waals surface area contributed by atoms with Gasteiger partial charge in [0.1, 0.15) is 0 Å². The molecule has 0 spiro atoms.